The quantitative estimate of drug-likeness (QED) is 0.176. The highest BCUT2D eigenvalue weighted by molar-refractivity contribution is 14.1. The Kier molecular flexibility index (Phi) is 7.32. The number of aliphatic imine (C=N–C) groups is 1. The minimum absolute atomic E-state index is 0.0644. The van der Waals surface area contributed by atoms with Crippen LogP contribution in [0.4, 0.5) is 4.39 Å². The van der Waals surface area contributed by atoms with Crippen molar-refractivity contribution in [3.05, 3.63) is 95.5 Å². The van der Waals surface area contributed by atoms with Gasteiger partial charge < -0.3 is 14.2 Å². The molecule has 0 saturated heterocycles. The van der Waals surface area contributed by atoms with Crippen LogP contribution in [0, 0.1) is 19.9 Å². The van der Waals surface area contributed by atoms with Gasteiger partial charge in [0.25, 0.3) is 0 Å². The van der Waals surface area contributed by atoms with Crippen molar-refractivity contribution in [2.45, 2.75) is 13.5 Å². The fraction of sp³-hybridized carbons (Fsp3) is 0.120. The van der Waals surface area contributed by atoms with Crippen molar-refractivity contribution >= 4 is 63.1 Å². The molecular weight excluding hydrogens is 651 g/mol. The van der Waals surface area contributed by atoms with Crippen molar-refractivity contribution in [1.82, 2.24) is 0 Å². The van der Waals surface area contributed by atoms with Gasteiger partial charge in [0.2, 0.25) is 5.90 Å². The fourth-order valence-electron chi connectivity index (χ4n) is 3.20. The van der Waals surface area contributed by atoms with Gasteiger partial charge in [-0.3, -0.25) is 0 Å². The predicted molar refractivity (Wildman–Crippen MR) is 141 cm³/mol. The molecule has 1 heterocycles. The van der Waals surface area contributed by atoms with E-state index in [1.807, 2.05) is 31.2 Å². The minimum Gasteiger partial charge on any atom is -0.493 e. The summed E-state index contributed by atoms with van der Waals surface area (Å²) < 4.78 is 32.5. The lowest BCUT2D eigenvalue weighted by Crippen LogP contribution is -2.05. The van der Waals surface area contributed by atoms with Crippen molar-refractivity contribution in [2.75, 3.05) is 7.11 Å². The Labute approximate surface area is 217 Å². The molecule has 0 aliphatic carbocycles. The Morgan fingerprint density at radius 1 is 1.09 bits per heavy atom. The van der Waals surface area contributed by atoms with Gasteiger partial charge in [0.05, 0.1) is 10.7 Å². The zero-order chi connectivity index (χ0) is 23.5. The third-order valence-corrected chi connectivity index (χ3v) is 6.92. The number of halogens is 3. The monoisotopic (exact) mass is 669 g/mol. The Morgan fingerprint density at radius 2 is 1.88 bits per heavy atom. The topological polar surface area (TPSA) is 57.1 Å². The summed E-state index contributed by atoms with van der Waals surface area (Å²) in [7, 11) is 1.53. The van der Waals surface area contributed by atoms with E-state index in [0.29, 0.717) is 22.6 Å². The molecule has 0 saturated carbocycles. The molecule has 0 fully saturated rings. The van der Waals surface area contributed by atoms with E-state index in [9.17, 15) is 9.18 Å². The molecule has 168 valence electrons. The van der Waals surface area contributed by atoms with Gasteiger partial charge >= 0.3 is 5.97 Å². The maximum Gasteiger partial charge on any atom is 0.363 e. The standard InChI is InChI=1S/C25H18FI2NO4/c1-14-9-16(7-8-19(14)27)24-29-21(25(30)33-24)11-15-10-20(28)23(22(12-15)31-2)32-13-17-5-3-4-6-18(17)26/h3-12H,13H2,1-2H3/b21-11-. The van der Waals surface area contributed by atoms with Gasteiger partial charge in [0.15, 0.2) is 17.2 Å². The van der Waals surface area contributed by atoms with Crippen LogP contribution in [0.3, 0.4) is 0 Å². The molecule has 3 aromatic carbocycles. The number of carbonyl (C=O) groups excluding carboxylic acids is 1. The summed E-state index contributed by atoms with van der Waals surface area (Å²) in [5, 5.41) is 0. The maximum absolute atomic E-state index is 13.9. The van der Waals surface area contributed by atoms with Crippen molar-refractivity contribution in [2.24, 2.45) is 4.99 Å². The summed E-state index contributed by atoms with van der Waals surface area (Å²) in [5.41, 5.74) is 3.16. The number of hydrogen-bond acceptors (Lipinski definition) is 5. The molecule has 0 unspecified atom stereocenters. The smallest absolute Gasteiger partial charge is 0.363 e. The second kappa shape index (κ2) is 10.2. The van der Waals surface area contributed by atoms with Crippen LogP contribution in [0.15, 0.2) is 65.3 Å². The lowest BCUT2D eigenvalue weighted by Gasteiger charge is -2.14. The molecule has 1 aliphatic heterocycles. The first-order chi connectivity index (χ1) is 15.9. The summed E-state index contributed by atoms with van der Waals surface area (Å²) in [5.74, 6) is 0.391. The largest absolute Gasteiger partial charge is 0.493 e. The second-order valence-electron chi connectivity index (χ2n) is 7.21. The van der Waals surface area contributed by atoms with Gasteiger partial charge in [-0.05, 0) is 106 Å². The number of nitrogens with zero attached hydrogens (tertiary/aromatic N) is 1. The van der Waals surface area contributed by atoms with Crippen LogP contribution in [0.1, 0.15) is 22.3 Å². The molecule has 0 aromatic heterocycles. The molecule has 0 bridgehead atoms. The van der Waals surface area contributed by atoms with Gasteiger partial charge in [0, 0.05) is 14.7 Å². The first-order valence-electron chi connectivity index (χ1n) is 9.88. The van der Waals surface area contributed by atoms with Crippen LogP contribution in [-0.4, -0.2) is 19.0 Å². The third kappa shape index (κ3) is 5.37. The Balaban J connectivity index is 1.60. The Hall–Kier alpha value is -2.47. The molecule has 0 spiro atoms. The SMILES string of the molecule is COc1cc(/C=C2\N=C(c3ccc(I)c(C)c3)OC2=O)cc(I)c1OCc1ccccc1F. The molecular formula is C25H18FI2NO4. The van der Waals surface area contributed by atoms with Crippen LogP contribution in [-0.2, 0) is 16.1 Å². The van der Waals surface area contributed by atoms with E-state index >= 15 is 0 Å². The van der Waals surface area contributed by atoms with Gasteiger partial charge in [0.1, 0.15) is 12.4 Å². The number of hydrogen-bond donors (Lipinski definition) is 0. The first-order valence-corrected chi connectivity index (χ1v) is 12.0. The van der Waals surface area contributed by atoms with Crippen molar-refractivity contribution in [3.8, 4) is 11.5 Å². The first kappa shape index (κ1) is 23.7. The van der Waals surface area contributed by atoms with Crippen molar-refractivity contribution in [3.63, 3.8) is 0 Å². The maximum atomic E-state index is 13.9. The third-order valence-electron chi connectivity index (χ3n) is 4.91. The van der Waals surface area contributed by atoms with Crippen molar-refractivity contribution in [1.29, 1.82) is 0 Å². The van der Waals surface area contributed by atoms with Crippen LogP contribution in [0.2, 0.25) is 0 Å². The highest BCUT2D eigenvalue weighted by atomic mass is 127. The number of carbonyl (C=O) groups is 1. The summed E-state index contributed by atoms with van der Waals surface area (Å²) in [4.78, 5) is 16.8. The van der Waals surface area contributed by atoms with E-state index in [1.54, 1.807) is 30.3 Å². The summed E-state index contributed by atoms with van der Waals surface area (Å²) >= 11 is 4.37. The van der Waals surface area contributed by atoms with Gasteiger partial charge in [-0.25, -0.2) is 14.2 Å². The van der Waals surface area contributed by atoms with Gasteiger partial charge in [-0.15, -0.1) is 0 Å². The van der Waals surface area contributed by atoms with E-state index in [1.165, 1.54) is 13.2 Å². The van der Waals surface area contributed by atoms with Gasteiger partial charge in [-0.2, -0.15) is 0 Å². The van der Waals surface area contributed by atoms with Crippen LogP contribution in [0.25, 0.3) is 6.08 Å². The highest BCUT2D eigenvalue weighted by Crippen LogP contribution is 2.35. The van der Waals surface area contributed by atoms with Crippen LogP contribution < -0.4 is 9.47 Å². The molecule has 0 atom stereocenters. The zero-order valence-electron chi connectivity index (χ0n) is 17.7. The number of cyclic esters (lactones) is 1. The predicted octanol–water partition coefficient (Wildman–Crippen LogP) is 6.28. The fourth-order valence-corrected chi connectivity index (χ4v) is 4.31. The minimum atomic E-state index is -0.518. The molecule has 0 N–H and O–H groups in total. The van der Waals surface area contributed by atoms with E-state index in [4.69, 9.17) is 14.2 Å². The molecule has 1 aliphatic rings. The molecule has 0 amide bonds. The Bertz CT molecular complexity index is 1300. The van der Waals surface area contributed by atoms with E-state index in [0.717, 1.165) is 18.3 Å². The summed E-state index contributed by atoms with van der Waals surface area (Å²) in [6.07, 6.45) is 1.64. The number of methoxy groups -OCH3 is 1. The summed E-state index contributed by atoms with van der Waals surface area (Å²) in [6, 6.07) is 15.8. The van der Waals surface area contributed by atoms with E-state index < -0.39 is 5.97 Å². The number of benzene rings is 3. The highest BCUT2D eigenvalue weighted by Gasteiger charge is 2.25. The normalized spacial score (nSPS) is 14.3. The Morgan fingerprint density at radius 3 is 2.61 bits per heavy atom. The number of esters is 1. The van der Waals surface area contributed by atoms with Gasteiger partial charge in [-0.1, -0.05) is 18.2 Å². The molecule has 5 nitrogen and oxygen atoms in total. The van der Waals surface area contributed by atoms with E-state index in [2.05, 4.69) is 50.2 Å². The van der Waals surface area contributed by atoms with Crippen LogP contribution >= 0.6 is 45.2 Å². The molecule has 8 heteroatoms. The number of ether oxygens (including phenoxy) is 3. The number of rotatable bonds is 6. The van der Waals surface area contributed by atoms with Crippen molar-refractivity contribution < 1.29 is 23.4 Å². The molecule has 3 aromatic rings. The summed E-state index contributed by atoms with van der Waals surface area (Å²) in [6.45, 7) is 2.05. The molecule has 4 rings (SSSR count). The van der Waals surface area contributed by atoms with E-state index in [-0.39, 0.29) is 24.0 Å². The number of aryl methyl sites for hydroxylation is 1. The molecule has 0 radical (unpaired) electrons. The lowest BCUT2D eigenvalue weighted by molar-refractivity contribution is -0.129. The second-order valence-corrected chi connectivity index (χ2v) is 9.54. The zero-order valence-corrected chi connectivity index (χ0v) is 22.0. The average Bonchev–Trinajstić information content (AvgIpc) is 3.15. The molecule has 33 heavy (non-hydrogen) atoms. The van der Waals surface area contributed by atoms with Crippen LogP contribution in [0.5, 0.6) is 11.5 Å². The lowest BCUT2D eigenvalue weighted by atomic mass is 10.1. The average molecular weight is 669 g/mol.